The van der Waals surface area contributed by atoms with Crippen molar-refractivity contribution in [1.29, 1.82) is 0 Å². The van der Waals surface area contributed by atoms with Crippen LogP contribution in [0.1, 0.15) is 54.4 Å². The monoisotopic (exact) mass is 267 g/mol. The number of hydrogen-bond donors (Lipinski definition) is 1. The largest absolute Gasteiger partial charge is 0.300 e. The normalized spacial score (nSPS) is 36.0. The fourth-order valence-corrected chi connectivity index (χ4v) is 4.64. The van der Waals surface area contributed by atoms with Crippen LogP contribution < -0.4 is 5.84 Å². The Balaban J connectivity index is 2.37. The van der Waals surface area contributed by atoms with Gasteiger partial charge >= 0.3 is 0 Å². The summed E-state index contributed by atoms with van der Waals surface area (Å²) in [5.74, 6) is 6.11. The van der Waals surface area contributed by atoms with Gasteiger partial charge < -0.3 is 0 Å². The van der Waals surface area contributed by atoms with Crippen LogP contribution in [0.4, 0.5) is 0 Å². The first kappa shape index (κ1) is 15.3. The van der Waals surface area contributed by atoms with Crippen LogP contribution in [0.5, 0.6) is 0 Å². The third-order valence-corrected chi connectivity index (χ3v) is 6.24. The van der Waals surface area contributed by atoms with Crippen molar-refractivity contribution in [1.82, 2.24) is 9.91 Å². The molecule has 0 radical (unpaired) electrons. The van der Waals surface area contributed by atoms with Crippen LogP contribution in [0, 0.1) is 16.2 Å². The molecule has 0 amide bonds. The highest BCUT2D eigenvalue weighted by Gasteiger charge is 2.59. The van der Waals surface area contributed by atoms with Crippen molar-refractivity contribution < 1.29 is 0 Å². The van der Waals surface area contributed by atoms with Gasteiger partial charge in [0.1, 0.15) is 0 Å². The molecule has 0 bridgehead atoms. The molecule has 3 nitrogen and oxygen atoms in total. The fraction of sp³-hybridized carbons (Fsp3) is 1.00. The minimum Gasteiger partial charge on any atom is -0.300 e. The van der Waals surface area contributed by atoms with Crippen molar-refractivity contribution in [3.63, 3.8) is 0 Å². The Morgan fingerprint density at radius 2 is 1.47 bits per heavy atom. The quantitative estimate of drug-likeness (QED) is 0.742. The highest BCUT2D eigenvalue weighted by Crippen LogP contribution is 2.60. The molecule has 2 fully saturated rings. The second-order valence-corrected chi connectivity index (χ2v) is 8.38. The molecule has 0 aromatic heterocycles. The predicted molar refractivity (Wildman–Crippen MR) is 81.7 cm³/mol. The molecule has 0 aromatic rings. The zero-order valence-corrected chi connectivity index (χ0v) is 13.8. The molecule has 2 aliphatic heterocycles. The SMILES string of the molecule is CC(C)N1CC(C)(C)C2(CCN(N)CCC2(C)C)C1. The lowest BCUT2D eigenvalue weighted by atomic mass is 9.52. The van der Waals surface area contributed by atoms with Crippen LogP contribution in [-0.4, -0.2) is 42.1 Å². The van der Waals surface area contributed by atoms with E-state index in [0.717, 1.165) is 13.1 Å². The molecule has 1 unspecified atom stereocenters. The molecule has 2 saturated heterocycles. The summed E-state index contributed by atoms with van der Waals surface area (Å²) in [6.45, 7) is 19.1. The average Bonchev–Trinajstić information content (AvgIpc) is 2.50. The number of nitrogens with zero attached hydrogens (tertiary/aromatic N) is 2. The lowest BCUT2D eigenvalue weighted by molar-refractivity contribution is -0.0150. The Bertz CT molecular complexity index is 335. The van der Waals surface area contributed by atoms with E-state index in [1.165, 1.54) is 25.9 Å². The molecule has 0 saturated carbocycles. The molecule has 1 spiro atoms. The van der Waals surface area contributed by atoms with Crippen LogP contribution in [0.25, 0.3) is 0 Å². The standard InChI is InChI=1S/C16H33N3/c1-13(2)18-11-15(5,6)16(12-18)8-10-19(17)9-7-14(16,3)4/h13H,7-12,17H2,1-6H3. The summed E-state index contributed by atoms with van der Waals surface area (Å²) in [6.07, 6.45) is 2.44. The Labute approximate surface area is 119 Å². The molecule has 0 aliphatic carbocycles. The van der Waals surface area contributed by atoms with Gasteiger partial charge in [-0.25, -0.2) is 5.01 Å². The molecular formula is C16H33N3. The number of rotatable bonds is 1. The zero-order chi connectivity index (χ0) is 14.5. The Kier molecular flexibility index (Phi) is 3.79. The first-order valence-electron chi connectivity index (χ1n) is 7.85. The highest BCUT2D eigenvalue weighted by atomic mass is 15.4. The number of hydrogen-bond acceptors (Lipinski definition) is 3. The maximum Gasteiger partial charge on any atom is 0.0134 e. The molecule has 2 aliphatic rings. The molecule has 112 valence electrons. The van der Waals surface area contributed by atoms with E-state index in [1.54, 1.807) is 0 Å². The maximum absolute atomic E-state index is 6.11. The smallest absolute Gasteiger partial charge is 0.0134 e. The number of nitrogens with two attached hydrogens (primary N) is 1. The first-order valence-corrected chi connectivity index (χ1v) is 7.85. The number of hydrazine groups is 1. The summed E-state index contributed by atoms with van der Waals surface area (Å²) < 4.78 is 0. The van der Waals surface area contributed by atoms with Gasteiger partial charge in [-0.2, -0.15) is 0 Å². The molecule has 19 heavy (non-hydrogen) atoms. The third-order valence-electron chi connectivity index (χ3n) is 6.24. The van der Waals surface area contributed by atoms with E-state index in [2.05, 4.69) is 46.4 Å². The van der Waals surface area contributed by atoms with E-state index < -0.39 is 0 Å². The second-order valence-electron chi connectivity index (χ2n) is 8.38. The van der Waals surface area contributed by atoms with E-state index >= 15 is 0 Å². The Morgan fingerprint density at radius 3 is 2.00 bits per heavy atom. The second kappa shape index (κ2) is 4.71. The zero-order valence-electron chi connectivity index (χ0n) is 13.8. The molecular weight excluding hydrogens is 234 g/mol. The van der Waals surface area contributed by atoms with Crippen LogP contribution in [-0.2, 0) is 0 Å². The molecule has 1 atom stereocenters. The summed E-state index contributed by atoms with van der Waals surface area (Å²) in [7, 11) is 0. The van der Waals surface area contributed by atoms with E-state index in [1.807, 2.05) is 5.01 Å². The van der Waals surface area contributed by atoms with Gasteiger partial charge in [-0.1, -0.05) is 27.7 Å². The molecule has 3 heteroatoms. The van der Waals surface area contributed by atoms with Crippen LogP contribution in [0.3, 0.4) is 0 Å². The van der Waals surface area contributed by atoms with Crippen molar-refractivity contribution in [2.75, 3.05) is 26.2 Å². The van der Waals surface area contributed by atoms with Gasteiger partial charge in [0, 0.05) is 32.2 Å². The van der Waals surface area contributed by atoms with Crippen molar-refractivity contribution in [2.24, 2.45) is 22.1 Å². The number of likely N-dealkylation sites (tertiary alicyclic amines) is 1. The van der Waals surface area contributed by atoms with E-state index in [0.29, 0.717) is 22.3 Å². The summed E-state index contributed by atoms with van der Waals surface area (Å²) in [4.78, 5) is 2.67. The predicted octanol–water partition coefficient (Wildman–Crippen LogP) is 2.72. The van der Waals surface area contributed by atoms with E-state index in [-0.39, 0.29) is 0 Å². The summed E-state index contributed by atoms with van der Waals surface area (Å²) in [6, 6.07) is 0.645. The van der Waals surface area contributed by atoms with Gasteiger partial charge in [-0.15, -0.1) is 0 Å². The average molecular weight is 267 g/mol. The van der Waals surface area contributed by atoms with Crippen molar-refractivity contribution in [3.05, 3.63) is 0 Å². The first-order chi connectivity index (χ1) is 8.61. The van der Waals surface area contributed by atoms with E-state index in [4.69, 9.17) is 5.84 Å². The minimum absolute atomic E-state index is 0.355. The van der Waals surface area contributed by atoms with Crippen molar-refractivity contribution in [2.45, 2.75) is 60.4 Å². The lowest BCUT2D eigenvalue weighted by Gasteiger charge is -2.51. The molecule has 2 N–H and O–H groups in total. The minimum atomic E-state index is 0.355. The van der Waals surface area contributed by atoms with Crippen LogP contribution in [0.2, 0.25) is 0 Å². The molecule has 0 aromatic carbocycles. The Morgan fingerprint density at radius 1 is 0.895 bits per heavy atom. The van der Waals surface area contributed by atoms with Crippen molar-refractivity contribution >= 4 is 0 Å². The van der Waals surface area contributed by atoms with Gasteiger partial charge in [0.2, 0.25) is 0 Å². The van der Waals surface area contributed by atoms with Gasteiger partial charge in [0.05, 0.1) is 0 Å². The fourth-order valence-electron chi connectivity index (χ4n) is 4.64. The Hall–Kier alpha value is -0.120. The van der Waals surface area contributed by atoms with Gasteiger partial charge in [0.25, 0.3) is 0 Å². The summed E-state index contributed by atoms with van der Waals surface area (Å²) in [5.41, 5.74) is 1.11. The van der Waals surface area contributed by atoms with Crippen molar-refractivity contribution in [3.8, 4) is 0 Å². The summed E-state index contributed by atoms with van der Waals surface area (Å²) >= 11 is 0. The van der Waals surface area contributed by atoms with E-state index in [9.17, 15) is 0 Å². The highest BCUT2D eigenvalue weighted by molar-refractivity contribution is 5.10. The molecule has 2 rings (SSSR count). The van der Waals surface area contributed by atoms with Gasteiger partial charge in [0.15, 0.2) is 0 Å². The lowest BCUT2D eigenvalue weighted by Crippen LogP contribution is -2.48. The summed E-state index contributed by atoms with van der Waals surface area (Å²) in [5, 5.41) is 2.03. The van der Waals surface area contributed by atoms with Gasteiger partial charge in [-0.3, -0.25) is 10.7 Å². The van der Waals surface area contributed by atoms with Crippen LogP contribution >= 0.6 is 0 Å². The maximum atomic E-state index is 6.11. The van der Waals surface area contributed by atoms with Crippen LogP contribution in [0.15, 0.2) is 0 Å². The van der Waals surface area contributed by atoms with Gasteiger partial charge in [-0.05, 0) is 42.9 Å². The third kappa shape index (κ3) is 2.34. The topological polar surface area (TPSA) is 32.5 Å². The molecule has 2 heterocycles.